The Morgan fingerprint density at radius 2 is 1.54 bits per heavy atom. The molecule has 7 heteroatoms. The summed E-state index contributed by atoms with van der Waals surface area (Å²) < 4.78 is 0. The van der Waals surface area contributed by atoms with Gasteiger partial charge in [-0.25, -0.2) is 4.99 Å². The molecule has 1 aliphatic heterocycles. The number of likely N-dealkylation sites (tertiary alicyclic amines) is 1. The lowest BCUT2D eigenvalue weighted by molar-refractivity contribution is -0.127. The smallest absolute Gasteiger partial charge is 0.243 e. The molecule has 26 heavy (non-hydrogen) atoms. The van der Waals surface area contributed by atoms with Crippen molar-refractivity contribution < 1.29 is 4.79 Å². The van der Waals surface area contributed by atoms with Gasteiger partial charge in [0.15, 0.2) is 5.96 Å². The molecule has 2 aliphatic carbocycles. The molecule has 1 saturated heterocycles. The van der Waals surface area contributed by atoms with Gasteiger partial charge in [-0.05, 0) is 38.5 Å². The fourth-order valence-corrected chi connectivity index (χ4v) is 3.90. The average molecular weight is 477 g/mol. The standard InChI is InChI=1S/C19H35N5O.HI/c1-23(2)18(25)14-20-19(21-15-6-4-3-5-7-15)22-16-10-12-24(13-11-16)17-8-9-17;/h15-17H,3-14H2,1-2H3,(H2,20,21,22);1H. The molecule has 0 spiro atoms. The number of rotatable bonds is 5. The average Bonchev–Trinajstić information content (AvgIpc) is 3.46. The van der Waals surface area contributed by atoms with Crippen LogP contribution in [0.3, 0.4) is 0 Å². The Morgan fingerprint density at radius 1 is 0.962 bits per heavy atom. The molecule has 2 saturated carbocycles. The molecule has 6 nitrogen and oxygen atoms in total. The summed E-state index contributed by atoms with van der Waals surface area (Å²) >= 11 is 0. The van der Waals surface area contributed by atoms with Crippen molar-refractivity contribution >= 4 is 35.8 Å². The molecule has 0 aromatic heterocycles. The Labute approximate surface area is 175 Å². The SMILES string of the molecule is CN(C)C(=O)CN=C(NC1CCCCC1)NC1CCN(C2CC2)CC1.I. The zero-order valence-electron chi connectivity index (χ0n) is 16.4. The summed E-state index contributed by atoms with van der Waals surface area (Å²) in [7, 11) is 3.57. The fraction of sp³-hybridized carbons (Fsp3) is 0.895. The van der Waals surface area contributed by atoms with E-state index in [-0.39, 0.29) is 36.4 Å². The molecule has 3 aliphatic rings. The van der Waals surface area contributed by atoms with Crippen molar-refractivity contribution in [1.82, 2.24) is 20.4 Å². The van der Waals surface area contributed by atoms with Crippen molar-refractivity contribution in [2.24, 2.45) is 4.99 Å². The third kappa shape index (κ3) is 6.87. The molecule has 1 heterocycles. The van der Waals surface area contributed by atoms with Crippen molar-refractivity contribution in [3.63, 3.8) is 0 Å². The summed E-state index contributed by atoms with van der Waals surface area (Å²) in [5, 5.41) is 7.22. The van der Waals surface area contributed by atoms with Gasteiger partial charge in [-0.3, -0.25) is 4.79 Å². The van der Waals surface area contributed by atoms with Crippen LogP contribution in [-0.2, 0) is 4.79 Å². The second-order valence-corrected chi connectivity index (χ2v) is 8.12. The van der Waals surface area contributed by atoms with Crippen LogP contribution in [0.25, 0.3) is 0 Å². The molecular weight excluding hydrogens is 441 g/mol. The highest BCUT2D eigenvalue weighted by atomic mass is 127. The first-order chi connectivity index (χ1) is 12.1. The Balaban J connectivity index is 0.00000243. The second kappa shape index (κ2) is 10.7. The number of halogens is 1. The molecule has 3 rings (SSSR count). The monoisotopic (exact) mass is 477 g/mol. The number of hydrogen-bond donors (Lipinski definition) is 2. The lowest BCUT2D eigenvalue weighted by Crippen LogP contribution is -2.51. The number of likely N-dealkylation sites (N-methyl/N-ethyl adjacent to an activating group) is 1. The van der Waals surface area contributed by atoms with Gasteiger partial charge in [0, 0.05) is 45.3 Å². The van der Waals surface area contributed by atoms with E-state index in [0.717, 1.165) is 12.0 Å². The number of hydrogen-bond acceptors (Lipinski definition) is 3. The van der Waals surface area contributed by atoms with Gasteiger partial charge in [0.2, 0.25) is 5.91 Å². The molecule has 0 radical (unpaired) electrons. The minimum absolute atomic E-state index is 0. The Morgan fingerprint density at radius 3 is 2.08 bits per heavy atom. The van der Waals surface area contributed by atoms with E-state index < -0.39 is 0 Å². The van der Waals surface area contributed by atoms with E-state index in [1.807, 2.05) is 0 Å². The van der Waals surface area contributed by atoms with Crippen LogP contribution in [0.5, 0.6) is 0 Å². The largest absolute Gasteiger partial charge is 0.354 e. The second-order valence-electron chi connectivity index (χ2n) is 8.12. The van der Waals surface area contributed by atoms with E-state index in [9.17, 15) is 4.79 Å². The zero-order chi connectivity index (χ0) is 17.6. The van der Waals surface area contributed by atoms with Crippen molar-refractivity contribution in [1.29, 1.82) is 0 Å². The molecule has 1 amide bonds. The van der Waals surface area contributed by atoms with E-state index >= 15 is 0 Å². The third-order valence-corrected chi connectivity index (χ3v) is 5.75. The topological polar surface area (TPSA) is 60.0 Å². The fourth-order valence-electron chi connectivity index (χ4n) is 3.90. The number of carbonyl (C=O) groups excluding carboxylic acids is 1. The Hall–Kier alpha value is -0.570. The van der Waals surface area contributed by atoms with Gasteiger partial charge in [0.05, 0.1) is 0 Å². The van der Waals surface area contributed by atoms with Crippen molar-refractivity contribution in [2.75, 3.05) is 33.7 Å². The summed E-state index contributed by atoms with van der Waals surface area (Å²) in [5.41, 5.74) is 0. The number of guanidine groups is 1. The quantitative estimate of drug-likeness (QED) is 0.362. The zero-order valence-corrected chi connectivity index (χ0v) is 18.7. The predicted molar refractivity (Wildman–Crippen MR) is 117 cm³/mol. The van der Waals surface area contributed by atoms with Gasteiger partial charge < -0.3 is 20.4 Å². The number of aliphatic imine (C=N–C) groups is 1. The molecule has 0 bridgehead atoms. The lowest BCUT2D eigenvalue weighted by atomic mass is 9.95. The summed E-state index contributed by atoms with van der Waals surface area (Å²) in [6, 6.07) is 1.84. The van der Waals surface area contributed by atoms with Crippen LogP contribution in [0, 0.1) is 0 Å². The number of amides is 1. The maximum absolute atomic E-state index is 11.9. The third-order valence-electron chi connectivity index (χ3n) is 5.75. The molecular formula is C19H36IN5O. The molecule has 3 fully saturated rings. The van der Waals surface area contributed by atoms with Crippen LogP contribution >= 0.6 is 24.0 Å². The number of carbonyl (C=O) groups is 1. The molecule has 0 aromatic rings. The first kappa shape index (κ1) is 21.7. The van der Waals surface area contributed by atoms with Gasteiger partial charge in [-0.1, -0.05) is 19.3 Å². The Kier molecular flexibility index (Phi) is 8.93. The van der Waals surface area contributed by atoms with Gasteiger partial charge in [0.25, 0.3) is 0 Å². The highest BCUT2D eigenvalue weighted by Crippen LogP contribution is 2.29. The van der Waals surface area contributed by atoms with Crippen LogP contribution in [0.15, 0.2) is 4.99 Å². The summed E-state index contributed by atoms with van der Waals surface area (Å²) in [5.74, 6) is 0.889. The predicted octanol–water partition coefficient (Wildman–Crippen LogP) is 2.19. The molecule has 150 valence electrons. The molecule has 0 aromatic carbocycles. The summed E-state index contributed by atoms with van der Waals surface area (Å²) in [4.78, 5) is 20.7. The van der Waals surface area contributed by atoms with Gasteiger partial charge >= 0.3 is 0 Å². The highest BCUT2D eigenvalue weighted by molar-refractivity contribution is 14.0. The number of nitrogens with one attached hydrogen (secondary N) is 2. The van der Waals surface area contributed by atoms with Crippen LogP contribution < -0.4 is 10.6 Å². The van der Waals surface area contributed by atoms with Crippen molar-refractivity contribution in [3.8, 4) is 0 Å². The first-order valence-electron chi connectivity index (χ1n) is 10.1. The summed E-state index contributed by atoms with van der Waals surface area (Å²) in [6.45, 7) is 2.60. The van der Waals surface area contributed by atoms with E-state index in [4.69, 9.17) is 0 Å². The van der Waals surface area contributed by atoms with E-state index in [1.54, 1.807) is 19.0 Å². The number of nitrogens with zero attached hydrogens (tertiary/aromatic N) is 3. The maximum Gasteiger partial charge on any atom is 0.243 e. The minimum atomic E-state index is 0. The van der Waals surface area contributed by atoms with Gasteiger partial charge in [-0.2, -0.15) is 0 Å². The minimum Gasteiger partial charge on any atom is -0.354 e. The maximum atomic E-state index is 11.9. The van der Waals surface area contributed by atoms with E-state index in [0.29, 0.717) is 12.1 Å². The molecule has 2 N–H and O–H groups in total. The first-order valence-corrected chi connectivity index (χ1v) is 10.1. The Bertz CT molecular complexity index is 467. The normalized spacial score (nSPS) is 23.2. The highest BCUT2D eigenvalue weighted by Gasteiger charge is 2.32. The van der Waals surface area contributed by atoms with Gasteiger partial charge in [-0.15, -0.1) is 24.0 Å². The number of piperidine rings is 1. The van der Waals surface area contributed by atoms with Crippen molar-refractivity contribution in [2.45, 2.75) is 75.9 Å². The van der Waals surface area contributed by atoms with E-state index in [2.05, 4.69) is 20.5 Å². The lowest BCUT2D eigenvalue weighted by Gasteiger charge is -2.34. The summed E-state index contributed by atoms with van der Waals surface area (Å²) in [6.07, 6.45) is 11.5. The van der Waals surface area contributed by atoms with E-state index in [1.165, 1.54) is 70.9 Å². The van der Waals surface area contributed by atoms with Crippen LogP contribution in [0.2, 0.25) is 0 Å². The van der Waals surface area contributed by atoms with Crippen LogP contribution in [-0.4, -0.2) is 73.5 Å². The molecule has 0 atom stereocenters. The van der Waals surface area contributed by atoms with Gasteiger partial charge in [0.1, 0.15) is 6.54 Å². The van der Waals surface area contributed by atoms with Crippen molar-refractivity contribution in [3.05, 3.63) is 0 Å². The van der Waals surface area contributed by atoms with Crippen LogP contribution in [0.4, 0.5) is 0 Å². The van der Waals surface area contributed by atoms with Crippen LogP contribution in [0.1, 0.15) is 57.8 Å². The molecule has 0 unspecified atom stereocenters.